The highest BCUT2D eigenvalue weighted by Gasteiger charge is 2.09. The summed E-state index contributed by atoms with van der Waals surface area (Å²) < 4.78 is 4.90. The van der Waals surface area contributed by atoms with Crippen molar-refractivity contribution in [2.75, 3.05) is 0 Å². The minimum absolute atomic E-state index is 0.0438. The minimum atomic E-state index is -0.597. The summed E-state index contributed by atoms with van der Waals surface area (Å²) in [4.78, 5) is 11.4. The number of phenols is 1. The van der Waals surface area contributed by atoms with Crippen LogP contribution in [0.5, 0.6) is 5.75 Å². The maximum absolute atomic E-state index is 11.4. The number of ether oxygens (including phenoxy) is 1. The number of benzene rings is 1. The normalized spacial score (nSPS) is 11.1. The van der Waals surface area contributed by atoms with Crippen molar-refractivity contribution in [1.82, 2.24) is 0 Å². The highest BCUT2D eigenvalue weighted by molar-refractivity contribution is 5.96. The summed E-state index contributed by atoms with van der Waals surface area (Å²) in [7, 11) is 0. The fraction of sp³-hybridized carbons (Fsp3) is 0.231. The first-order valence-corrected chi connectivity index (χ1v) is 5.15. The van der Waals surface area contributed by atoms with Crippen LogP contribution in [0.3, 0.4) is 0 Å². The van der Waals surface area contributed by atoms with Crippen molar-refractivity contribution in [2.45, 2.75) is 20.0 Å². The number of aromatic hydroxyl groups is 1. The number of para-hydroxylation sites is 1. The van der Waals surface area contributed by atoms with E-state index in [0.29, 0.717) is 5.56 Å². The number of phenolic OH excluding ortho intramolecular Hbond substituents is 1. The molecule has 88 valence electrons. The molecule has 4 nitrogen and oxygen atoms in total. The molecule has 0 atom stereocenters. The highest BCUT2D eigenvalue weighted by atomic mass is 16.5. The summed E-state index contributed by atoms with van der Waals surface area (Å²) >= 11 is 0. The van der Waals surface area contributed by atoms with Crippen molar-refractivity contribution in [1.29, 1.82) is 5.26 Å². The van der Waals surface area contributed by atoms with E-state index in [4.69, 9.17) is 10.00 Å². The van der Waals surface area contributed by atoms with Crippen molar-refractivity contribution in [3.05, 3.63) is 35.9 Å². The second-order valence-corrected chi connectivity index (χ2v) is 3.67. The first-order chi connectivity index (χ1) is 8.04. The largest absolute Gasteiger partial charge is 0.507 e. The van der Waals surface area contributed by atoms with Crippen LogP contribution in [0.15, 0.2) is 30.3 Å². The van der Waals surface area contributed by atoms with Gasteiger partial charge in [0.05, 0.1) is 11.7 Å². The maximum Gasteiger partial charge on any atom is 0.332 e. The second kappa shape index (κ2) is 5.71. The number of rotatable bonds is 3. The Morgan fingerprint density at radius 1 is 1.47 bits per heavy atom. The quantitative estimate of drug-likeness (QED) is 0.492. The number of carbonyl (C=O) groups is 1. The van der Waals surface area contributed by atoms with Crippen LogP contribution in [0.25, 0.3) is 5.57 Å². The van der Waals surface area contributed by atoms with Crippen LogP contribution >= 0.6 is 0 Å². The van der Waals surface area contributed by atoms with E-state index in [9.17, 15) is 9.90 Å². The Balaban J connectivity index is 3.01. The third kappa shape index (κ3) is 3.65. The van der Waals surface area contributed by atoms with E-state index in [-0.39, 0.29) is 17.4 Å². The van der Waals surface area contributed by atoms with Gasteiger partial charge in [-0.25, -0.2) is 4.79 Å². The average Bonchev–Trinajstić information content (AvgIpc) is 2.26. The lowest BCUT2D eigenvalue weighted by atomic mass is 10.1. The summed E-state index contributed by atoms with van der Waals surface area (Å²) in [5.74, 6) is -0.641. The van der Waals surface area contributed by atoms with Crippen molar-refractivity contribution < 1.29 is 14.6 Å². The lowest BCUT2D eigenvalue weighted by molar-refractivity contribution is -0.141. The molecule has 1 rings (SSSR count). The van der Waals surface area contributed by atoms with Gasteiger partial charge in [-0.3, -0.25) is 0 Å². The Kier molecular flexibility index (Phi) is 4.29. The Morgan fingerprint density at radius 2 is 2.12 bits per heavy atom. The minimum Gasteiger partial charge on any atom is -0.507 e. The van der Waals surface area contributed by atoms with Gasteiger partial charge in [-0.1, -0.05) is 12.1 Å². The van der Waals surface area contributed by atoms with Crippen LogP contribution in [0.4, 0.5) is 0 Å². The number of esters is 1. The molecule has 0 radical (unpaired) electrons. The number of hydrogen-bond acceptors (Lipinski definition) is 4. The molecule has 0 bridgehead atoms. The van der Waals surface area contributed by atoms with Gasteiger partial charge >= 0.3 is 5.97 Å². The SMILES string of the molecule is CC(C)OC(=O)C=C(C#N)c1ccccc1O. The zero-order valence-corrected chi connectivity index (χ0v) is 9.68. The highest BCUT2D eigenvalue weighted by Crippen LogP contribution is 2.23. The lowest BCUT2D eigenvalue weighted by Gasteiger charge is -2.06. The van der Waals surface area contributed by atoms with E-state index in [1.165, 1.54) is 6.07 Å². The van der Waals surface area contributed by atoms with E-state index in [0.717, 1.165) is 6.08 Å². The summed E-state index contributed by atoms with van der Waals surface area (Å²) in [6.45, 7) is 3.44. The van der Waals surface area contributed by atoms with Crippen molar-refractivity contribution in [3.8, 4) is 11.8 Å². The predicted molar refractivity (Wildman–Crippen MR) is 62.9 cm³/mol. The topological polar surface area (TPSA) is 70.3 Å². The van der Waals surface area contributed by atoms with E-state index in [1.54, 1.807) is 32.0 Å². The summed E-state index contributed by atoms with van der Waals surface area (Å²) in [6, 6.07) is 8.19. The van der Waals surface area contributed by atoms with Crippen molar-refractivity contribution in [3.63, 3.8) is 0 Å². The maximum atomic E-state index is 11.4. The molecule has 0 heterocycles. The molecule has 0 spiro atoms. The molecular weight excluding hydrogens is 218 g/mol. The zero-order chi connectivity index (χ0) is 12.8. The van der Waals surface area contributed by atoms with Gasteiger partial charge in [-0.2, -0.15) is 5.26 Å². The van der Waals surface area contributed by atoms with Crippen molar-refractivity contribution in [2.24, 2.45) is 0 Å². The molecule has 0 aliphatic heterocycles. The van der Waals surface area contributed by atoms with Gasteiger partial charge in [0.2, 0.25) is 0 Å². The first-order valence-electron chi connectivity index (χ1n) is 5.15. The zero-order valence-electron chi connectivity index (χ0n) is 9.68. The monoisotopic (exact) mass is 231 g/mol. The molecule has 0 aliphatic carbocycles. The van der Waals surface area contributed by atoms with Crippen molar-refractivity contribution >= 4 is 11.5 Å². The standard InChI is InChI=1S/C13H13NO3/c1-9(2)17-13(16)7-10(8-14)11-5-3-4-6-12(11)15/h3-7,9,15H,1-2H3. The molecule has 4 heteroatoms. The molecule has 1 aromatic carbocycles. The molecule has 0 aromatic heterocycles. The van der Waals surface area contributed by atoms with Gasteiger partial charge in [0.1, 0.15) is 11.8 Å². The van der Waals surface area contributed by atoms with Crippen LogP contribution in [0.2, 0.25) is 0 Å². The number of allylic oxidation sites excluding steroid dienone is 1. The second-order valence-electron chi connectivity index (χ2n) is 3.67. The molecule has 0 unspecified atom stereocenters. The third-order valence-electron chi connectivity index (χ3n) is 1.93. The molecule has 0 fully saturated rings. The summed E-state index contributed by atoms with van der Waals surface area (Å²) in [5, 5.41) is 18.5. The van der Waals surface area contributed by atoms with Gasteiger partial charge < -0.3 is 9.84 Å². The number of nitrogens with zero attached hydrogens (tertiary/aromatic N) is 1. The van der Waals surface area contributed by atoms with Crippen LogP contribution in [0, 0.1) is 11.3 Å². The third-order valence-corrected chi connectivity index (χ3v) is 1.93. The molecule has 17 heavy (non-hydrogen) atoms. The summed E-state index contributed by atoms with van der Waals surface area (Å²) in [6.07, 6.45) is 0.831. The van der Waals surface area contributed by atoms with Gasteiger partial charge in [0, 0.05) is 11.6 Å². The van der Waals surface area contributed by atoms with E-state index < -0.39 is 5.97 Å². The molecule has 0 saturated carbocycles. The smallest absolute Gasteiger partial charge is 0.332 e. The van der Waals surface area contributed by atoms with Crippen LogP contribution < -0.4 is 0 Å². The van der Waals surface area contributed by atoms with Crippen LogP contribution in [-0.4, -0.2) is 17.2 Å². The molecule has 1 N–H and O–H groups in total. The van der Waals surface area contributed by atoms with E-state index in [1.807, 2.05) is 6.07 Å². The van der Waals surface area contributed by atoms with E-state index >= 15 is 0 Å². The molecule has 0 amide bonds. The summed E-state index contributed by atoms with van der Waals surface area (Å²) in [5.41, 5.74) is 0.393. The van der Waals surface area contributed by atoms with Gasteiger partial charge in [0.25, 0.3) is 0 Å². The van der Waals surface area contributed by atoms with Gasteiger partial charge in [-0.05, 0) is 26.0 Å². The lowest BCUT2D eigenvalue weighted by Crippen LogP contribution is -2.09. The Labute approximate surface area is 99.8 Å². The fourth-order valence-corrected chi connectivity index (χ4v) is 1.26. The molecule has 1 aromatic rings. The van der Waals surface area contributed by atoms with Crippen LogP contribution in [-0.2, 0) is 9.53 Å². The number of nitriles is 1. The average molecular weight is 231 g/mol. The van der Waals surface area contributed by atoms with Gasteiger partial charge in [-0.15, -0.1) is 0 Å². The Morgan fingerprint density at radius 3 is 2.65 bits per heavy atom. The Bertz CT molecular complexity index is 484. The Hall–Kier alpha value is -2.28. The number of hydrogen-bond donors (Lipinski definition) is 1. The van der Waals surface area contributed by atoms with Crippen LogP contribution in [0.1, 0.15) is 19.4 Å². The number of carbonyl (C=O) groups excluding carboxylic acids is 1. The molecule has 0 aliphatic rings. The predicted octanol–water partition coefficient (Wildman–Crippen LogP) is 2.25. The first kappa shape index (κ1) is 12.8. The molecule has 0 saturated heterocycles. The molecular formula is C13H13NO3. The van der Waals surface area contributed by atoms with Gasteiger partial charge in [0.15, 0.2) is 0 Å². The fourth-order valence-electron chi connectivity index (χ4n) is 1.26. The van der Waals surface area contributed by atoms with E-state index in [2.05, 4.69) is 0 Å².